The van der Waals surface area contributed by atoms with E-state index in [1.165, 1.54) is 38.2 Å². The molecule has 2 rings (SSSR count). The lowest BCUT2D eigenvalue weighted by atomic mass is 9.85. The number of hydrogen-bond acceptors (Lipinski definition) is 3. The molecule has 2 aliphatic rings. The normalized spacial score (nSPS) is 40.1. The minimum Gasteiger partial charge on any atom is -0.327 e. The van der Waals surface area contributed by atoms with E-state index in [1.54, 1.807) is 0 Å². The van der Waals surface area contributed by atoms with E-state index in [2.05, 4.69) is 37.4 Å². The molecule has 0 aromatic carbocycles. The Hall–Kier alpha value is 0.270. The van der Waals surface area contributed by atoms with Crippen LogP contribution >= 0.6 is 11.8 Å². The first-order valence-electron chi connectivity index (χ1n) is 6.58. The highest BCUT2D eigenvalue weighted by molar-refractivity contribution is 7.99. The van der Waals surface area contributed by atoms with Gasteiger partial charge in [0.2, 0.25) is 0 Å². The number of nitrogens with two attached hydrogens (primary N) is 1. The molecular weight excluding hydrogens is 216 g/mol. The summed E-state index contributed by atoms with van der Waals surface area (Å²) in [4.78, 5) is 2.63. The first kappa shape index (κ1) is 12.7. The summed E-state index contributed by atoms with van der Waals surface area (Å²) in [6.07, 6.45) is 2.63. The van der Waals surface area contributed by atoms with Crippen molar-refractivity contribution in [3.63, 3.8) is 0 Å². The highest BCUT2D eigenvalue weighted by Crippen LogP contribution is 2.40. The Balaban J connectivity index is 1.86. The van der Waals surface area contributed by atoms with Gasteiger partial charge in [0.05, 0.1) is 0 Å². The van der Waals surface area contributed by atoms with E-state index in [9.17, 15) is 0 Å². The molecule has 0 aromatic rings. The van der Waals surface area contributed by atoms with Gasteiger partial charge in [-0.05, 0) is 24.2 Å². The third-order valence-electron chi connectivity index (χ3n) is 4.39. The second-order valence-corrected chi connectivity index (χ2v) is 7.80. The fraction of sp³-hybridized carbons (Fsp3) is 1.00. The summed E-state index contributed by atoms with van der Waals surface area (Å²) >= 11 is 2.11. The van der Waals surface area contributed by atoms with Crippen molar-refractivity contribution >= 4 is 11.8 Å². The topological polar surface area (TPSA) is 29.3 Å². The highest BCUT2D eigenvalue weighted by Gasteiger charge is 2.40. The molecule has 0 amide bonds. The Kier molecular flexibility index (Phi) is 3.87. The molecule has 3 heteroatoms. The number of nitrogens with zero attached hydrogens (tertiary/aromatic N) is 1. The van der Waals surface area contributed by atoms with E-state index in [1.807, 2.05) is 0 Å². The van der Waals surface area contributed by atoms with Crippen LogP contribution in [0.2, 0.25) is 0 Å². The Bertz CT molecular complexity index is 242. The molecule has 94 valence electrons. The summed E-state index contributed by atoms with van der Waals surface area (Å²) in [6.45, 7) is 10.7. The molecule has 2 nitrogen and oxygen atoms in total. The first-order chi connectivity index (χ1) is 7.49. The minimum absolute atomic E-state index is 0.362. The second kappa shape index (κ2) is 4.87. The average Bonchev–Trinajstić information content (AvgIpc) is 2.45. The van der Waals surface area contributed by atoms with Gasteiger partial charge in [-0.1, -0.05) is 20.8 Å². The Morgan fingerprint density at radius 3 is 2.75 bits per heavy atom. The molecule has 2 N–H and O–H groups in total. The molecule has 3 unspecified atom stereocenters. The number of rotatable bonds is 2. The van der Waals surface area contributed by atoms with E-state index >= 15 is 0 Å². The largest absolute Gasteiger partial charge is 0.327 e. The van der Waals surface area contributed by atoms with E-state index in [0.29, 0.717) is 11.5 Å². The smallest absolute Gasteiger partial charge is 0.0147 e. The zero-order valence-electron chi connectivity index (χ0n) is 10.9. The lowest BCUT2D eigenvalue weighted by Gasteiger charge is -2.35. The summed E-state index contributed by atoms with van der Waals surface area (Å²) in [6, 6.07) is 0.400. The SMILES string of the molecule is CC1CN(CC2CCC(C)(C)C2N)CCS1. The zero-order valence-corrected chi connectivity index (χ0v) is 11.7. The van der Waals surface area contributed by atoms with Gasteiger partial charge < -0.3 is 10.6 Å². The molecular formula is C13H26N2S. The van der Waals surface area contributed by atoms with E-state index in [4.69, 9.17) is 5.73 Å². The molecule has 16 heavy (non-hydrogen) atoms. The van der Waals surface area contributed by atoms with Crippen LogP contribution in [-0.4, -0.2) is 41.6 Å². The van der Waals surface area contributed by atoms with Crippen molar-refractivity contribution < 1.29 is 0 Å². The maximum Gasteiger partial charge on any atom is 0.0147 e. The lowest BCUT2D eigenvalue weighted by Crippen LogP contribution is -2.45. The molecule has 1 saturated heterocycles. The van der Waals surface area contributed by atoms with Gasteiger partial charge in [-0.15, -0.1) is 0 Å². The summed E-state index contributed by atoms with van der Waals surface area (Å²) in [5.41, 5.74) is 6.74. The maximum atomic E-state index is 6.38. The van der Waals surface area contributed by atoms with Crippen LogP contribution in [0.25, 0.3) is 0 Å². The van der Waals surface area contributed by atoms with Gasteiger partial charge in [0.15, 0.2) is 0 Å². The van der Waals surface area contributed by atoms with Gasteiger partial charge in [-0.2, -0.15) is 11.8 Å². The lowest BCUT2D eigenvalue weighted by molar-refractivity contribution is 0.211. The summed E-state index contributed by atoms with van der Waals surface area (Å²) in [7, 11) is 0. The molecule has 1 aliphatic heterocycles. The quantitative estimate of drug-likeness (QED) is 0.805. The molecule has 3 atom stereocenters. The van der Waals surface area contributed by atoms with Crippen molar-refractivity contribution in [3.05, 3.63) is 0 Å². The Morgan fingerprint density at radius 2 is 2.19 bits per heavy atom. The van der Waals surface area contributed by atoms with Crippen LogP contribution < -0.4 is 5.73 Å². The molecule has 0 radical (unpaired) electrons. The standard InChI is InChI=1S/C13H26N2S/c1-10-8-15(6-7-16-10)9-11-4-5-13(2,3)12(11)14/h10-12H,4-9,14H2,1-3H3. The van der Waals surface area contributed by atoms with Gasteiger partial charge in [-0.3, -0.25) is 0 Å². The van der Waals surface area contributed by atoms with Gasteiger partial charge >= 0.3 is 0 Å². The predicted octanol–water partition coefficient (Wildman–Crippen LogP) is 2.19. The Labute approximate surface area is 104 Å². The first-order valence-corrected chi connectivity index (χ1v) is 7.63. The van der Waals surface area contributed by atoms with Crippen molar-refractivity contribution in [3.8, 4) is 0 Å². The van der Waals surface area contributed by atoms with Crippen LogP contribution in [0.3, 0.4) is 0 Å². The van der Waals surface area contributed by atoms with E-state index < -0.39 is 0 Å². The third-order valence-corrected chi connectivity index (χ3v) is 5.52. The molecule has 2 fully saturated rings. The molecule has 0 bridgehead atoms. The maximum absolute atomic E-state index is 6.38. The summed E-state index contributed by atoms with van der Waals surface area (Å²) in [5.74, 6) is 2.03. The van der Waals surface area contributed by atoms with E-state index in [-0.39, 0.29) is 0 Å². The number of hydrogen-bond donors (Lipinski definition) is 1. The monoisotopic (exact) mass is 242 g/mol. The number of thioether (sulfide) groups is 1. The van der Waals surface area contributed by atoms with Crippen molar-refractivity contribution in [2.75, 3.05) is 25.4 Å². The van der Waals surface area contributed by atoms with Crippen molar-refractivity contribution in [1.29, 1.82) is 0 Å². The molecule has 0 spiro atoms. The van der Waals surface area contributed by atoms with Crippen LogP contribution in [-0.2, 0) is 0 Å². The molecule has 1 saturated carbocycles. The van der Waals surface area contributed by atoms with Gasteiger partial charge in [-0.25, -0.2) is 0 Å². The fourth-order valence-corrected chi connectivity index (χ4v) is 4.22. The minimum atomic E-state index is 0.362. The second-order valence-electron chi connectivity index (χ2n) is 6.25. The van der Waals surface area contributed by atoms with Gasteiger partial charge in [0.1, 0.15) is 0 Å². The summed E-state index contributed by atoms with van der Waals surface area (Å²) < 4.78 is 0. The fourth-order valence-electron chi connectivity index (χ4n) is 3.13. The third kappa shape index (κ3) is 2.74. The molecule has 1 aliphatic carbocycles. The van der Waals surface area contributed by atoms with Crippen molar-refractivity contribution in [1.82, 2.24) is 4.90 Å². The van der Waals surface area contributed by atoms with Crippen LogP contribution in [0.5, 0.6) is 0 Å². The van der Waals surface area contributed by atoms with Crippen LogP contribution in [0, 0.1) is 11.3 Å². The van der Waals surface area contributed by atoms with Crippen molar-refractivity contribution in [2.24, 2.45) is 17.1 Å². The van der Waals surface area contributed by atoms with Crippen LogP contribution in [0.1, 0.15) is 33.6 Å². The highest BCUT2D eigenvalue weighted by atomic mass is 32.2. The molecule has 0 aromatic heterocycles. The van der Waals surface area contributed by atoms with Crippen LogP contribution in [0.15, 0.2) is 0 Å². The van der Waals surface area contributed by atoms with Gasteiger partial charge in [0.25, 0.3) is 0 Å². The van der Waals surface area contributed by atoms with Crippen LogP contribution in [0.4, 0.5) is 0 Å². The van der Waals surface area contributed by atoms with Crippen molar-refractivity contribution in [2.45, 2.75) is 44.9 Å². The van der Waals surface area contributed by atoms with E-state index in [0.717, 1.165) is 11.2 Å². The Morgan fingerprint density at radius 1 is 1.44 bits per heavy atom. The predicted molar refractivity (Wildman–Crippen MR) is 72.8 cm³/mol. The average molecular weight is 242 g/mol. The summed E-state index contributed by atoms with van der Waals surface area (Å²) in [5, 5.41) is 0.805. The zero-order chi connectivity index (χ0) is 11.8. The molecule has 1 heterocycles. The van der Waals surface area contributed by atoms with Gasteiger partial charge in [0, 0.05) is 36.7 Å².